The predicted octanol–water partition coefficient (Wildman–Crippen LogP) is 2.83. The Morgan fingerprint density at radius 1 is 1.08 bits per heavy atom. The molecule has 0 amide bonds. The van der Waals surface area contributed by atoms with Gasteiger partial charge in [-0.3, -0.25) is 0 Å². The maximum absolute atomic E-state index is 3.54. The van der Waals surface area contributed by atoms with E-state index in [1.54, 1.807) is 0 Å². The quantitative estimate of drug-likeness (QED) is 0.582. The van der Waals surface area contributed by atoms with E-state index in [1.807, 2.05) is 0 Å². The number of nitrogens with one attached hydrogen (secondary N) is 1. The lowest BCUT2D eigenvalue weighted by molar-refractivity contribution is 0.520. The highest BCUT2D eigenvalue weighted by Gasteiger charge is 2.15. The maximum atomic E-state index is 3.54. The largest absolute Gasteiger partial charge is 0.389 e. The van der Waals surface area contributed by atoms with Crippen LogP contribution in [-0.2, 0) is 0 Å². The molecule has 1 aliphatic carbocycles. The van der Waals surface area contributed by atoms with Crippen LogP contribution in [0.4, 0.5) is 0 Å². The van der Waals surface area contributed by atoms with Crippen LogP contribution in [0, 0.1) is 5.92 Å². The fourth-order valence-corrected chi connectivity index (χ4v) is 2.30. The van der Waals surface area contributed by atoms with Crippen LogP contribution >= 0.6 is 0 Å². The van der Waals surface area contributed by atoms with Gasteiger partial charge in [0.1, 0.15) is 0 Å². The second-order valence-corrected chi connectivity index (χ2v) is 4.12. The minimum absolute atomic E-state index is 0.908. The first-order valence-electron chi connectivity index (χ1n) is 5.40. The van der Waals surface area contributed by atoms with Crippen LogP contribution < -0.4 is 5.32 Å². The molecule has 2 rings (SSSR count). The van der Waals surface area contributed by atoms with E-state index < -0.39 is 0 Å². The Kier molecular flexibility index (Phi) is 2.70. The van der Waals surface area contributed by atoms with E-state index >= 15 is 0 Å². The van der Waals surface area contributed by atoms with Gasteiger partial charge in [0.15, 0.2) is 0 Å². The zero-order valence-corrected chi connectivity index (χ0v) is 7.81. The van der Waals surface area contributed by atoms with Crippen LogP contribution in [0.5, 0.6) is 0 Å². The molecule has 68 valence electrons. The number of fused-ring (bicyclic) bond motifs is 1. The van der Waals surface area contributed by atoms with Crippen molar-refractivity contribution in [3.63, 3.8) is 0 Å². The van der Waals surface area contributed by atoms with Gasteiger partial charge < -0.3 is 5.32 Å². The average molecular weight is 165 g/mol. The van der Waals surface area contributed by atoms with Crippen molar-refractivity contribution in [1.29, 1.82) is 0 Å². The van der Waals surface area contributed by atoms with Gasteiger partial charge in [-0.25, -0.2) is 0 Å². The molecule has 0 saturated heterocycles. The summed E-state index contributed by atoms with van der Waals surface area (Å²) in [6.07, 6.45) is 12.3. The Morgan fingerprint density at radius 2 is 2.00 bits per heavy atom. The summed E-state index contributed by atoms with van der Waals surface area (Å²) >= 11 is 0. The molecule has 0 aromatic carbocycles. The summed E-state index contributed by atoms with van der Waals surface area (Å²) in [5, 5.41) is 3.54. The summed E-state index contributed by atoms with van der Waals surface area (Å²) < 4.78 is 0. The summed E-state index contributed by atoms with van der Waals surface area (Å²) in [5.74, 6) is 0.908. The molecule has 1 heteroatoms. The van der Waals surface area contributed by atoms with Crippen LogP contribution in [0.25, 0.3) is 0 Å². The van der Waals surface area contributed by atoms with Gasteiger partial charge in [-0.15, -0.1) is 0 Å². The zero-order chi connectivity index (χ0) is 8.23. The number of hydrogen-bond donors (Lipinski definition) is 1. The second kappa shape index (κ2) is 3.97. The van der Waals surface area contributed by atoms with Gasteiger partial charge in [-0.2, -0.15) is 0 Å². The molecule has 1 nitrogen and oxygen atoms in total. The molecule has 0 aromatic heterocycles. The molecule has 0 radical (unpaired) electrons. The Balaban J connectivity index is 1.92. The van der Waals surface area contributed by atoms with Crippen molar-refractivity contribution in [1.82, 2.24) is 5.32 Å². The molecule has 1 atom stereocenters. The van der Waals surface area contributed by atoms with E-state index in [4.69, 9.17) is 0 Å². The summed E-state index contributed by atoms with van der Waals surface area (Å²) in [4.78, 5) is 0. The van der Waals surface area contributed by atoms with E-state index in [2.05, 4.69) is 11.4 Å². The molecule has 1 aliphatic heterocycles. The van der Waals surface area contributed by atoms with Gasteiger partial charge in [0, 0.05) is 12.2 Å². The molecule has 0 spiro atoms. The van der Waals surface area contributed by atoms with Crippen molar-refractivity contribution in [2.24, 2.45) is 5.92 Å². The number of rotatable bonds is 0. The predicted molar refractivity (Wildman–Crippen MR) is 51.9 cm³/mol. The first-order valence-corrected chi connectivity index (χ1v) is 5.40. The van der Waals surface area contributed by atoms with Gasteiger partial charge in [-0.05, 0) is 31.6 Å². The highest BCUT2D eigenvalue weighted by Crippen LogP contribution is 2.27. The fourth-order valence-electron chi connectivity index (χ4n) is 2.30. The summed E-state index contributed by atoms with van der Waals surface area (Å²) in [5.41, 5.74) is 1.53. The molecule has 0 saturated carbocycles. The summed E-state index contributed by atoms with van der Waals surface area (Å²) in [6.45, 7) is 1.21. The van der Waals surface area contributed by atoms with Crippen molar-refractivity contribution in [3.05, 3.63) is 11.8 Å². The molecule has 2 bridgehead atoms. The van der Waals surface area contributed by atoms with Crippen LogP contribution in [0.3, 0.4) is 0 Å². The normalized spacial score (nSPS) is 30.7. The van der Waals surface area contributed by atoms with Gasteiger partial charge in [-0.1, -0.05) is 25.3 Å². The van der Waals surface area contributed by atoms with Crippen molar-refractivity contribution >= 4 is 0 Å². The average Bonchev–Trinajstić information content (AvgIpc) is 2.51. The summed E-state index contributed by atoms with van der Waals surface area (Å²) in [7, 11) is 0. The first-order chi connectivity index (χ1) is 5.95. The van der Waals surface area contributed by atoms with Gasteiger partial charge in [0.05, 0.1) is 0 Å². The molecule has 0 fully saturated rings. The Morgan fingerprint density at radius 3 is 3.00 bits per heavy atom. The van der Waals surface area contributed by atoms with E-state index in [0.29, 0.717) is 0 Å². The topological polar surface area (TPSA) is 12.0 Å². The van der Waals surface area contributed by atoms with Crippen molar-refractivity contribution < 1.29 is 0 Å². The minimum Gasteiger partial charge on any atom is -0.389 e. The molecular formula is C11H19N. The lowest BCUT2D eigenvalue weighted by atomic mass is 10.0. The summed E-state index contributed by atoms with van der Waals surface area (Å²) in [6, 6.07) is 0. The third-order valence-electron chi connectivity index (χ3n) is 3.08. The molecule has 1 N–H and O–H groups in total. The number of hydrogen-bond acceptors (Lipinski definition) is 1. The second-order valence-electron chi connectivity index (χ2n) is 4.12. The molecule has 12 heavy (non-hydrogen) atoms. The third-order valence-corrected chi connectivity index (χ3v) is 3.08. The lowest BCUT2D eigenvalue weighted by Crippen LogP contribution is -2.13. The van der Waals surface area contributed by atoms with E-state index in [0.717, 1.165) is 5.92 Å². The fraction of sp³-hybridized carbons (Fsp3) is 0.818. The minimum atomic E-state index is 0.908. The van der Waals surface area contributed by atoms with Gasteiger partial charge in [0.2, 0.25) is 0 Å². The van der Waals surface area contributed by atoms with Crippen molar-refractivity contribution in [3.8, 4) is 0 Å². The first kappa shape index (κ1) is 8.15. The van der Waals surface area contributed by atoms with E-state index in [1.165, 1.54) is 57.2 Å². The molecule has 0 aromatic rings. The lowest BCUT2D eigenvalue weighted by Gasteiger charge is -2.09. The SMILES string of the molecule is C1=C2CCC1CCCCCCN2. The highest BCUT2D eigenvalue weighted by molar-refractivity contribution is 5.09. The maximum Gasteiger partial charge on any atom is 0.0143 e. The Hall–Kier alpha value is -0.460. The Bertz CT molecular complexity index is 172. The van der Waals surface area contributed by atoms with Crippen molar-refractivity contribution in [2.75, 3.05) is 6.54 Å². The molecule has 2 aliphatic rings. The van der Waals surface area contributed by atoms with Crippen LogP contribution in [0.1, 0.15) is 44.9 Å². The highest BCUT2D eigenvalue weighted by atomic mass is 14.9. The van der Waals surface area contributed by atoms with Gasteiger partial charge in [0.25, 0.3) is 0 Å². The monoisotopic (exact) mass is 165 g/mol. The van der Waals surface area contributed by atoms with E-state index in [-0.39, 0.29) is 0 Å². The van der Waals surface area contributed by atoms with Crippen LogP contribution in [0.2, 0.25) is 0 Å². The molecule has 1 heterocycles. The van der Waals surface area contributed by atoms with Gasteiger partial charge >= 0.3 is 0 Å². The Labute approximate surface area is 75.2 Å². The zero-order valence-electron chi connectivity index (χ0n) is 7.81. The van der Waals surface area contributed by atoms with Crippen molar-refractivity contribution in [2.45, 2.75) is 44.9 Å². The standard InChI is InChI=1S/C11H19N/c1-2-4-8-12-11-7-6-10(9-11)5-3-1/h9-10,12H,1-8H2. The van der Waals surface area contributed by atoms with Crippen LogP contribution in [-0.4, -0.2) is 6.54 Å². The smallest absolute Gasteiger partial charge is 0.0143 e. The third kappa shape index (κ3) is 2.02. The van der Waals surface area contributed by atoms with Crippen LogP contribution in [0.15, 0.2) is 11.8 Å². The molecule has 1 unspecified atom stereocenters. The number of allylic oxidation sites excluding steroid dienone is 2. The molecular weight excluding hydrogens is 146 g/mol. The van der Waals surface area contributed by atoms with E-state index in [9.17, 15) is 0 Å².